The number of hydrogen-bond donors (Lipinski definition) is 1. The predicted molar refractivity (Wildman–Crippen MR) is 81.8 cm³/mol. The van der Waals surface area contributed by atoms with Crippen LogP contribution in [0.1, 0.15) is 44.2 Å². The van der Waals surface area contributed by atoms with Gasteiger partial charge in [-0.05, 0) is 61.3 Å². The standard InChI is InChI=1S/C16H21Cl2N/c1-2-8-19-16(15-11-4-3-5-12(11)15)10-6-7-13(17)14(18)9-10/h6-7,9,11-12,15-16,19H,2-5,8H2,1H3. The van der Waals surface area contributed by atoms with E-state index in [1.54, 1.807) is 0 Å². The second kappa shape index (κ2) is 5.63. The molecule has 2 aliphatic rings. The van der Waals surface area contributed by atoms with E-state index in [2.05, 4.69) is 18.3 Å². The Bertz CT molecular complexity index is 450. The average molecular weight is 298 g/mol. The van der Waals surface area contributed by atoms with Crippen LogP contribution in [0.25, 0.3) is 0 Å². The summed E-state index contributed by atoms with van der Waals surface area (Å²) in [7, 11) is 0. The molecule has 0 aromatic heterocycles. The first-order valence-corrected chi connectivity index (χ1v) is 8.16. The summed E-state index contributed by atoms with van der Waals surface area (Å²) in [6.45, 7) is 3.29. The Hall–Kier alpha value is -0.240. The van der Waals surface area contributed by atoms with Crippen LogP contribution in [0.4, 0.5) is 0 Å². The van der Waals surface area contributed by atoms with Crippen molar-refractivity contribution in [3.63, 3.8) is 0 Å². The minimum absolute atomic E-state index is 0.463. The molecule has 1 nitrogen and oxygen atoms in total. The van der Waals surface area contributed by atoms with Crippen molar-refractivity contribution in [1.82, 2.24) is 5.32 Å². The minimum Gasteiger partial charge on any atom is -0.310 e. The second-order valence-corrected chi connectivity index (χ2v) is 6.76. The van der Waals surface area contributed by atoms with Gasteiger partial charge in [-0.1, -0.05) is 42.6 Å². The van der Waals surface area contributed by atoms with Gasteiger partial charge in [-0.3, -0.25) is 0 Å². The van der Waals surface area contributed by atoms with E-state index in [0.717, 1.165) is 24.3 Å². The molecular formula is C16H21Cl2N. The first kappa shape index (κ1) is 13.7. The Morgan fingerprint density at radius 3 is 2.58 bits per heavy atom. The van der Waals surface area contributed by atoms with Crippen LogP contribution in [0, 0.1) is 17.8 Å². The van der Waals surface area contributed by atoms with Crippen LogP contribution in [0.3, 0.4) is 0 Å². The molecule has 1 aromatic rings. The van der Waals surface area contributed by atoms with Crippen molar-refractivity contribution in [1.29, 1.82) is 0 Å². The molecule has 1 aromatic carbocycles. The summed E-state index contributed by atoms with van der Waals surface area (Å²) in [5.74, 6) is 2.71. The van der Waals surface area contributed by atoms with Gasteiger partial charge in [-0.15, -0.1) is 0 Å². The summed E-state index contributed by atoms with van der Waals surface area (Å²) in [5, 5.41) is 5.04. The highest BCUT2D eigenvalue weighted by Gasteiger charge is 2.55. The van der Waals surface area contributed by atoms with Gasteiger partial charge in [0.15, 0.2) is 0 Å². The third kappa shape index (κ3) is 2.66. The normalized spacial score (nSPS) is 30.2. The number of benzene rings is 1. The lowest BCUT2D eigenvalue weighted by Crippen LogP contribution is -2.25. The highest BCUT2D eigenvalue weighted by atomic mass is 35.5. The second-order valence-electron chi connectivity index (χ2n) is 5.94. The zero-order valence-corrected chi connectivity index (χ0v) is 12.8. The van der Waals surface area contributed by atoms with E-state index in [1.807, 2.05) is 12.1 Å². The average Bonchev–Trinajstić information content (AvgIpc) is 2.86. The molecule has 104 valence electrons. The Morgan fingerprint density at radius 1 is 1.21 bits per heavy atom. The molecule has 0 spiro atoms. The summed E-state index contributed by atoms with van der Waals surface area (Å²) in [4.78, 5) is 0. The molecule has 3 unspecified atom stereocenters. The van der Waals surface area contributed by atoms with Crippen LogP contribution in [0.2, 0.25) is 10.0 Å². The van der Waals surface area contributed by atoms with E-state index in [-0.39, 0.29) is 0 Å². The quantitative estimate of drug-likeness (QED) is 0.799. The summed E-state index contributed by atoms with van der Waals surface area (Å²) in [5.41, 5.74) is 1.31. The van der Waals surface area contributed by atoms with Crippen LogP contribution in [-0.4, -0.2) is 6.54 Å². The number of nitrogens with one attached hydrogen (secondary N) is 1. The third-order valence-corrected chi connectivity index (χ3v) is 5.51. The van der Waals surface area contributed by atoms with E-state index in [9.17, 15) is 0 Å². The van der Waals surface area contributed by atoms with Gasteiger partial charge in [0.1, 0.15) is 0 Å². The smallest absolute Gasteiger partial charge is 0.0595 e. The maximum atomic E-state index is 6.18. The predicted octanol–water partition coefficient (Wildman–Crippen LogP) is 5.08. The summed E-state index contributed by atoms with van der Waals surface area (Å²) in [6, 6.07) is 6.57. The number of rotatable bonds is 5. The van der Waals surface area contributed by atoms with Gasteiger partial charge in [-0.25, -0.2) is 0 Å². The molecule has 0 amide bonds. The molecule has 0 heterocycles. The van der Waals surface area contributed by atoms with Crippen molar-refractivity contribution in [3.8, 4) is 0 Å². The van der Waals surface area contributed by atoms with Crippen molar-refractivity contribution in [3.05, 3.63) is 33.8 Å². The van der Waals surface area contributed by atoms with Gasteiger partial charge < -0.3 is 5.32 Å². The molecule has 0 bridgehead atoms. The van der Waals surface area contributed by atoms with Crippen molar-refractivity contribution >= 4 is 23.2 Å². The topological polar surface area (TPSA) is 12.0 Å². The molecule has 0 saturated heterocycles. The molecule has 3 heteroatoms. The van der Waals surface area contributed by atoms with Crippen LogP contribution in [-0.2, 0) is 0 Å². The van der Waals surface area contributed by atoms with Crippen molar-refractivity contribution in [2.75, 3.05) is 6.54 Å². The van der Waals surface area contributed by atoms with Crippen LogP contribution in [0.15, 0.2) is 18.2 Å². The lowest BCUT2D eigenvalue weighted by atomic mass is 9.96. The lowest BCUT2D eigenvalue weighted by molar-refractivity contribution is 0.417. The fraction of sp³-hybridized carbons (Fsp3) is 0.625. The van der Waals surface area contributed by atoms with Crippen LogP contribution < -0.4 is 5.32 Å². The number of halogens is 2. The van der Waals surface area contributed by atoms with Gasteiger partial charge >= 0.3 is 0 Å². The molecule has 2 saturated carbocycles. The molecule has 1 N–H and O–H groups in total. The maximum Gasteiger partial charge on any atom is 0.0595 e. The van der Waals surface area contributed by atoms with Crippen molar-refractivity contribution in [2.24, 2.45) is 17.8 Å². The Morgan fingerprint density at radius 2 is 1.95 bits per heavy atom. The van der Waals surface area contributed by atoms with Crippen molar-refractivity contribution < 1.29 is 0 Å². The number of fused-ring (bicyclic) bond motifs is 1. The third-order valence-electron chi connectivity index (χ3n) is 4.77. The minimum atomic E-state index is 0.463. The van der Waals surface area contributed by atoms with Gasteiger partial charge in [0.25, 0.3) is 0 Å². The summed E-state index contributed by atoms with van der Waals surface area (Å²) in [6.07, 6.45) is 5.43. The maximum absolute atomic E-state index is 6.18. The van der Waals surface area contributed by atoms with Gasteiger partial charge in [0.05, 0.1) is 10.0 Å². The zero-order chi connectivity index (χ0) is 13.4. The lowest BCUT2D eigenvalue weighted by Gasteiger charge is -2.21. The SMILES string of the molecule is CCCNC(c1ccc(Cl)c(Cl)c1)C1C2CCCC21. The van der Waals surface area contributed by atoms with E-state index in [4.69, 9.17) is 23.2 Å². The molecule has 2 aliphatic carbocycles. The van der Waals surface area contributed by atoms with E-state index < -0.39 is 0 Å². The number of hydrogen-bond acceptors (Lipinski definition) is 1. The first-order valence-electron chi connectivity index (χ1n) is 7.40. The van der Waals surface area contributed by atoms with Crippen LogP contribution >= 0.6 is 23.2 Å². The van der Waals surface area contributed by atoms with E-state index in [1.165, 1.54) is 31.2 Å². The molecule has 3 rings (SSSR count). The Balaban J connectivity index is 1.80. The van der Waals surface area contributed by atoms with Gasteiger partial charge in [0.2, 0.25) is 0 Å². The summed E-state index contributed by atoms with van der Waals surface area (Å²) < 4.78 is 0. The fourth-order valence-electron chi connectivity index (χ4n) is 3.85. The summed E-state index contributed by atoms with van der Waals surface area (Å²) >= 11 is 12.2. The van der Waals surface area contributed by atoms with Gasteiger partial charge in [-0.2, -0.15) is 0 Å². The van der Waals surface area contributed by atoms with E-state index >= 15 is 0 Å². The van der Waals surface area contributed by atoms with E-state index in [0.29, 0.717) is 16.1 Å². The molecular weight excluding hydrogens is 277 g/mol. The zero-order valence-electron chi connectivity index (χ0n) is 11.3. The molecule has 3 atom stereocenters. The fourth-order valence-corrected chi connectivity index (χ4v) is 4.16. The van der Waals surface area contributed by atoms with Gasteiger partial charge in [0, 0.05) is 6.04 Å². The van der Waals surface area contributed by atoms with Crippen molar-refractivity contribution in [2.45, 2.75) is 38.6 Å². The highest BCUT2D eigenvalue weighted by Crippen LogP contribution is 2.62. The Kier molecular flexibility index (Phi) is 4.07. The highest BCUT2D eigenvalue weighted by molar-refractivity contribution is 6.42. The largest absolute Gasteiger partial charge is 0.310 e. The molecule has 2 fully saturated rings. The molecule has 0 radical (unpaired) electrons. The van der Waals surface area contributed by atoms with Crippen LogP contribution in [0.5, 0.6) is 0 Å². The monoisotopic (exact) mass is 297 g/mol. The Labute approximate surface area is 125 Å². The molecule has 0 aliphatic heterocycles. The molecule has 19 heavy (non-hydrogen) atoms. The first-order chi connectivity index (χ1) is 9.22.